The van der Waals surface area contributed by atoms with Crippen molar-refractivity contribution < 1.29 is 36.6 Å². The predicted octanol–water partition coefficient (Wildman–Crippen LogP) is 3.88. The van der Waals surface area contributed by atoms with E-state index in [2.05, 4.69) is 5.32 Å². The smallest absolute Gasteiger partial charge is 0.350 e. The molecule has 174 valence electrons. The first kappa shape index (κ1) is 21.8. The first-order valence-corrected chi connectivity index (χ1v) is 10.4. The maximum atomic E-state index is 15.4. The summed E-state index contributed by atoms with van der Waals surface area (Å²) in [6.45, 7) is 1.38. The Balaban J connectivity index is 1.40. The Morgan fingerprint density at radius 2 is 1.79 bits per heavy atom. The Hall–Kier alpha value is -3.01. The minimum Gasteiger partial charge on any atom is -0.389 e. The van der Waals surface area contributed by atoms with E-state index in [1.165, 1.54) is 24.0 Å². The van der Waals surface area contributed by atoms with E-state index in [4.69, 9.17) is 0 Å². The Labute approximate surface area is 185 Å². The molecule has 3 aliphatic rings. The summed E-state index contributed by atoms with van der Waals surface area (Å²) < 4.78 is 70.7. The summed E-state index contributed by atoms with van der Waals surface area (Å²) in [5.74, 6) is -11.2. The molecule has 0 radical (unpaired) electrons. The zero-order valence-corrected chi connectivity index (χ0v) is 17.3. The molecule has 2 saturated carbocycles. The van der Waals surface area contributed by atoms with Crippen molar-refractivity contribution in [2.45, 2.75) is 49.8 Å². The lowest BCUT2D eigenvalue weighted by Crippen LogP contribution is -2.66. The van der Waals surface area contributed by atoms with Crippen LogP contribution in [-0.2, 0) is 10.7 Å². The number of nitrogens with zero attached hydrogens (tertiary/aromatic N) is 1. The van der Waals surface area contributed by atoms with Crippen molar-refractivity contribution in [3.05, 3.63) is 64.5 Å². The molecule has 1 saturated heterocycles. The van der Waals surface area contributed by atoms with Crippen molar-refractivity contribution in [3.63, 3.8) is 0 Å². The summed E-state index contributed by atoms with van der Waals surface area (Å²) in [6.07, 6.45) is 1.06. The highest BCUT2D eigenvalue weighted by Gasteiger charge is 2.70. The number of amides is 2. The Morgan fingerprint density at radius 3 is 2.36 bits per heavy atom. The van der Waals surface area contributed by atoms with Gasteiger partial charge in [0.1, 0.15) is 0 Å². The summed E-state index contributed by atoms with van der Waals surface area (Å²) in [6, 6.07) is 3.61. The van der Waals surface area contributed by atoms with E-state index in [0.29, 0.717) is 18.6 Å². The van der Waals surface area contributed by atoms with E-state index in [0.717, 1.165) is 6.07 Å². The van der Waals surface area contributed by atoms with E-state index < -0.39 is 64.1 Å². The molecule has 10 heteroatoms. The third kappa shape index (κ3) is 3.14. The lowest BCUT2D eigenvalue weighted by atomic mass is 9.66. The van der Waals surface area contributed by atoms with E-state index in [9.17, 15) is 27.9 Å². The first-order chi connectivity index (χ1) is 15.4. The van der Waals surface area contributed by atoms with E-state index in [1.807, 2.05) is 0 Å². The first-order valence-electron chi connectivity index (χ1n) is 10.4. The lowest BCUT2D eigenvalue weighted by molar-refractivity contribution is -0.189. The second-order valence-corrected chi connectivity index (χ2v) is 9.10. The average molecular weight is 466 g/mol. The van der Waals surface area contributed by atoms with Crippen LogP contribution in [0.3, 0.4) is 0 Å². The molecule has 1 heterocycles. The number of rotatable bonds is 4. The largest absolute Gasteiger partial charge is 0.389 e. The van der Waals surface area contributed by atoms with Gasteiger partial charge in [0.2, 0.25) is 0 Å². The van der Waals surface area contributed by atoms with Crippen LogP contribution in [0.1, 0.15) is 40.7 Å². The van der Waals surface area contributed by atoms with Gasteiger partial charge in [0.15, 0.2) is 17.5 Å². The highest BCUT2D eigenvalue weighted by atomic mass is 19.3. The van der Waals surface area contributed by atoms with Gasteiger partial charge >= 0.3 is 5.92 Å². The standard InChI is InChI=1S/C23H19F5N2O3/c1-10-2-3-11(20(31)29-12-5-16(24)19(26)17(25)6-12)4-14(10)23(27,28)21(32)30-13-7-15-18(30)9-22(15,33)8-13/h2-6,13,15,18,33H,7-9H2,1H3,(H,29,31)/t13-,15?,18-,22+/m0/s1. The molecule has 33 heavy (non-hydrogen) atoms. The molecule has 2 bridgehead atoms. The molecular formula is C23H19F5N2O3. The van der Waals surface area contributed by atoms with Gasteiger partial charge in [-0.1, -0.05) is 6.07 Å². The molecule has 2 N–H and O–H groups in total. The topological polar surface area (TPSA) is 69.6 Å². The number of hydrogen-bond acceptors (Lipinski definition) is 3. The fraction of sp³-hybridized carbons (Fsp3) is 0.391. The second-order valence-electron chi connectivity index (χ2n) is 9.10. The highest BCUT2D eigenvalue weighted by molar-refractivity contribution is 6.04. The van der Waals surface area contributed by atoms with Crippen LogP contribution in [0.25, 0.3) is 0 Å². The minimum atomic E-state index is -3.92. The maximum Gasteiger partial charge on any atom is 0.350 e. The SMILES string of the molecule is Cc1ccc(C(=O)Nc2cc(F)c(F)c(F)c2)cc1C(F)(F)C(=O)N1[C@H]2CC3[C@@H]1C[C@]3(O)C2. The molecule has 5 rings (SSSR count). The van der Waals surface area contributed by atoms with Crippen molar-refractivity contribution in [3.8, 4) is 0 Å². The van der Waals surface area contributed by atoms with Crippen LogP contribution in [0.2, 0.25) is 0 Å². The summed E-state index contributed by atoms with van der Waals surface area (Å²) in [5, 5.41) is 12.5. The zero-order valence-electron chi connectivity index (χ0n) is 17.3. The van der Waals surface area contributed by atoms with Crippen molar-refractivity contribution in [2.24, 2.45) is 5.92 Å². The molecule has 0 spiro atoms. The number of halogens is 5. The molecule has 0 aromatic heterocycles. The van der Waals surface area contributed by atoms with Crippen LogP contribution < -0.4 is 5.32 Å². The maximum absolute atomic E-state index is 15.4. The number of anilines is 1. The number of aliphatic hydroxyl groups is 1. The van der Waals surface area contributed by atoms with Crippen molar-refractivity contribution in [2.75, 3.05) is 5.32 Å². The van der Waals surface area contributed by atoms with Gasteiger partial charge in [-0.05, 0) is 43.9 Å². The fourth-order valence-corrected chi connectivity index (χ4v) is 5.55. The Bertz CT molecular complexity index is 1180. The molecule has 1 unspecified atom stereocenters. The highest BCUT2D eigenvalue weighted by Crippen LogP contribution is 2.61. The van der Waals surface area contributed by atoms with Crippen LogP contribution in [-0.4, -0.2) is 39.5 Å². The number of fused-ring (bicyclic) bond motifs is 1. The lowest BCUT2D eigenvalue weighted by Gasteiger charge is -2.54. The molecule has 3 fully saturated rings. The second kappa shape index (κ2) is 6.99. The number of carbonyl (C=O) groups is 2. The molecule has 2 amide bonds. The van der Waals surface area contributed by atoms with Crippen LogP contribution >= 0.6 is 0 Å². The Morgan fingerprint density at radius 1 is 1.12 bits per heavy atom. The fourth-order valence-electron chi connectivity index (χ4n) is 5.55. The number of benzene rings is 2. The normalized spacial score (nSPS) is 27.5. The third-order valence-corrected chi connectivity index (χ3v) is 7.17. The molecule has 4 atom stereocenters. The van der Waals surface area contributed by atoms with Crippen LogP contribution in [0.4, 0.5) is 27.6 Å². The number of aryl methyl sites for hydroxylation is 1. The van der Waals surface area contributed by atoms with Gasteiger partial charge in [-0.2, -0.15) is 8.78 Å². The van der Waals surface area contributed by atoms with E-state index in [-0.39, 0.29) is 29.9 Å². The van der Waals surface area contributed by atoms with Gasteiger partial charge in [-0.15, -0.1) is 0 Å². The van der Waals surface area contributed by atoms with Crippen molar-refractivity contribution in [1.29, 1.82) is 0 Å². The molecule has 2 aliphatic carbocycles. The van der Waals surface area contributed by atoms with Gasteiger partial charge in [0.25, 0.3) is 11.8 Å². The molecule has 2 aromatic carbocycles. The third-order valence-electron chi connectivity index (χ3n) is 7.17. The molecular weight excluding hydrogens is 447 g/mol. The number of likely N-dealkylation sites (tertiary alicyclic amines) is 1. The number of hydrogen-bond donors (Lipinski definition) is 2. The quantitative estimate of drug-likeness (QED) is 0.531. The number of alkyl halides is 2. The Kier molecular flexibility index (Phi) is 4.62. The van der Waals surface area contributed by atoms with Crippen LogP contribution in [0.5, 0.6) is 0 Å². The van der Waals surface area contributed by atoms with Gasteiger partial charge in [-0.3, -0.25) is 9.59 Å². The van der Waals surface area contributed by atoms with Gasteiger partial charge < -0.3 is 15.3 Å². The predicted molar refractivity (Wildman–Crippen MR) is 106 cm³/mol. The average Bonchev–Trinajstić information content (AvgIpc) is 3.18. The minimum absolute atomic E-state index is 0.0817. The van der Waals surface area contributed by atoms with Crippen LogP contribution in [0.15, 0.2) is 30.3 Å². The van der Waals surface area contributed by atoms with Crippen LogP contribution in [0, 0.1) is 30.3 Å². The van der Waals surface area contributed by atoms with Gasteiger partial charge in [-0.25, -0.2) is 13.2 Å². The number of piperidine rings is 2. The van der Waals surface area contributed by atoms with Crippen molar-refractivity contribution >= 4 is 17.5 Å². The summed E-state index contributed by atoms with van der Waals surface area (Å²) >= 11 is 0. The summed E-state index contributed by atoms with van der Waals surface area (Å²) in [7, 11) is 0. The zero-order chi connectivity index (χ0) is 23.9. The molecule has 5 nitrogen and oxygen atoms in total. The monoisotopic (exact) mass is 466 g/mol. The molecule has 1 aliphatic heterocycles. The van der Waals surface area contributed by atoms with E-state index >= 15 is 8.78 Å². The van der Waals surface area contributed by atoms with Gasteiger partial charge in [0, 0.05) is 46.9 Å². The van der Waals surface area contributed by atoms with Gasteiger partial charge in [0.05, 0.1) is 5.60 Å². The summed E-state index contributed by atoms with van der Waals surface area (Å²) in [4.78, 5) is 26.6. The number of carbonyl (C=O) groups excluding carboxylic acids is 2. The van der Waals surface area contributed by atoms with E-state index in [1.54, 1.807) is 0 Å². The van der Waals surface area contributed by atoms with Crippen molar-refractivity contribution in [1.82, 2.24) is 4.90 Å². The molecule has 2 aromatic rings. The number of nitrogens with one attached hydrogen (secondary N) is 1. The summed E-state index contributed by atoms with van der Waals surface area (Å²) in [5.41, 5.74) is -2.09.